The van der Waals surface area contributed by atoms with Crippen LogP contribution in [0.1, 0.15) is 17.4 Å². The molecule has 0 radical (unpaired) electrons. The fourth-order valence-corrected chi connectivity index (χ4v) is 3.75. The maximum Gasteiger partial charge on any atom is 0.354 e. The summed E-state index contributed by atoms with van der Waals surface area (Å²) in [6, 6.07) is 7.39. The molecule has 0 amide bonds. The van der Waals surface area contributed by atoms with E-state index in [0.717, 1.165) is 28.7 Å². The van der Waals surface area contributed by atoms with Crippen molar-refractivity contribution in [2.24, 2.45) is 0 Å². The molecule has 1 aromatic carbocycles. The van der Waals surface area contributed by atoms with E-state index in [2.05, 4.69) is 4.98 Å². The quantitative estimate of drug-likeness (QED) is 0.621. The first-order chi connectivity index (χ1) is 11.3. The van der Waals surface area contributed by atoms with Crippen molar-refractivity contribution in [2.75, 3.05) is 10.8 Å². The molecular formula is C14H13N3O6S. The van der Waals surface area contributed by atoms with Crippen molar-refractivity contribution >= 4 is 27.4 Å². The SMILES string of the molecule is CCN(c1ccnc(C(=O)O)c1)S(=O)(=O)c1ccccc1[N+](=O)[O-]. The third-order valence-corrected chi connectivity index (χ3v) is 5.12. The highest BCUT2D eigenvalue weighted by Crippen LogP contribution is 2.29. The number of pyridine rings is 1. The van der Waals surface area contributed by atoms with Gasteiger partial charge in [-0.3, -0.25) is 14.4 Å². The van der Waals surface area contributed by atoms with Crippen LogP contribution >= 0.6 is 0 Å². The summed E-state index contributed by atoms with van der Waals surface area (Å²) in [4.78, 5) is 24.5. The third kappa shape index (κ3) is 3.18. The van der Waals surface area contributed by atoms with Crippen LogP contribution in [0.2, 0.25) is 0 Å². The largest absolute Gasteiger partial charge is 0.477 e. The molecule has 1 heterocycles. The number of carboxylic acids is 1. The van der Waals surface area contributed by atoms with E-state index in [1.54, 1.807) is 0 Å². The van der Waals surface area contributed by atoms with Gasteiger partial charge in [0.05, 0.1) is 10.6 Å². The summed E-state index contributed by atoms with van der Waals surface area (Å²) >= 11 is 0. The normalized spacial score (nSPS) is 11.0. The number of carboxylic acid groups (broad SMARTS) is 1. The number of hydrogen-bond acceptors (Lipinski definition) is 6. The molecule has 0 aliphatic rings. The van der Waals surface area contributed by atoms with Gasteiger partial charge >= 0.3 is 5.97 Å². The highest BCUT2D eigenvalue weighted by atomic mass is 32.2. The maximum atomic E-state index is 12.8. The number of sulfonamides is 1. The highest BCUT2D eigenvalue weighted by Gasteiger charge is 2.31. The Morgan fingerprint density at radius 1 is 1.33 bits per heavy atom. The molecule has 0 saturated carbocycles. The smallest absolute Gasteiger partial charge is 0.354 e. The number of rotatable bonds is 6. The number of nitro groups is 1. The topological polar surface area (TPSA) is 131 Å². The van der Waals surface area contributed by atoms with Crippen LogP contribution < -0.4 is 4.31 Å². The fraction of sp³-hybridized carbons (Fsp3) is 0.143. The molecule has 2 aromatic rings. The molecule has 0 saturated heterocycles. The zero-order valence-electron chi connectivity index (χ0n) is 12.5. The van der Waals surface area contributed by atoms with Crippen molar-refractivity contribution in [3.05, 3.63) is 58.4 Å². The number of carbonyl (C=O) groups is 1. The number of para-hydroxylation sites is 1. The van der Waals surface area contributed by atoms with Crippen molar-refractivity contribution < 1.29 is 23.2 Å². The lowest BCUT2D eigenvalue weighted by Crippen LogP contribution is -2.31. The van der Waals surface area contributed by atoms with Crippen molar-refractivity contribution in [2.45, 2.75) is 11.8 Å². The predicted octanol–water partition coefficient (Wildman–Crippen LogP) is 1.90. The summed E-state index contributed by atoms with van der Waals surface area (Å²) in [5.41, 5.74) is -0.824. The van der Waals surface area contributed by atoms with Gasteiger partial charge in [-0.2, -0.15) is 0 Å². The van der Waals surface area contributed by atoms with Gasteiger partial charge in [0.2, 0.25) is 0 Å². The van der Waals surface area contributed by atoms with Crippen LogP contribution in [0.4, 0.5) is 11.4 Å². The molecule has 0 fully saturated rings. The Hall–Kier alpha value is -3.01. The first-order valence-corrected chi connectivity index (χ1v) is 8.18. The van der Waals surface area contributed by atoms with Crippen LogP contribution in [0.5, 0.6) is 0 Å². The zero-order valence-corrected chi connectivity index (χ0v) is 13.3. The van der Waals surface area contributed by atoms with E-state index in [9.17, 15) is 23.3 Å². The monoisotopic (exact) mass is 351 g/mol. The Kier molecular flexibility index (Phi) is 4.79. The first kappa shape index (κ1) is 17.3. The van der Waals surface area contributed by atoms with Crippen LogP contribution in [-0.2, 0) is 10.0 Å². The zero-order chi connectivity index (χ0) is 17.9. The van der Waals surface area contributed by atoms with E-state index in [0.29, 0.717) is 0 Å². The maximum absolute atomic E-state index is 12.8. The molecule has 9 nitrogen and oxygen atoms in total. The summed E-state index contributed by atoms with van der Waals surface area (Å²) < 4.78 is 26.5. The standard InChI is InChI=1S/C14H13N3O6S/c1-2-16(10-7-8-15-11(9-10)14(18)19)24(22,23)13-6-4-3-5-12(13)17(20)21/h3-9H,2H2,1H3,(H,18,19). The van der Waals surface area contributed by atoms with E-state index >= 15 is 0 Å². The average molecular weight is 351 g/mol. The fourth-order valence-electron chi connectivity index (χ4n) is 2.13. The number of nitrogens with zero attached hydrogens (tertiary/aromatic N) is 3. The lowest BCUT2D eigenvalue weighted by molar-refractivity contribution is -0.387. The van der Waals surface area contributed by atoms with E-state index in [1.807, 2.05) is 0 Å². The summed E-state index contributed by atoms with van der Waals surface area (Å²) in [7, 11) is -4.25. The second kappa shape index (κ2) is 6.62. The molecule has 1 N–H and O–H groups in total. The van der Waals surface area contributed by atoms with Gasteiger partial charge in [0.1, 0.15) is 5.69 Å². The molecular weight excluding hydrogens is 338 g/mol. The molecule has 0 unspecified atom stereocenters. The van der Waals surface area contributed by atoms with Gasteiger partial charge < -0.3 is 5.11 Å². The van der Waals surface area contributed by atoms with Crippen LogP contribution in [0.15, 0.2) is 47.5 Å². The number of aromatic nitrogens is 1. The van der Waals surface area contributed by atoms with Gasteiger partial charge in [0.25, 0.3) is 15.7 Å². The molecule has 1 aromatic heterocycles. The van der Waals surface area contributed by atoms with Gasteiger partial charge in [-0.25, -0.2) is 18.2 Å². The molecule has 0 bridgehead atoms. The summed E-state index contributed by atoms with van der Waals surface area (Å²) in [5, 5.41) is 20.1. The third-order valence-electron chi connectivity index (χ3n) is 3.17. The van der Waals surface area contributed by atoms with Gasteiger partial charge in [0.15, 0.2) is 4.90 Å². The lowest BCUT2D eigenvalue weighted by Gasteiger charge is -2.22. The van der Waals surface area contributed by atoms with E-state index < -0.39 is 31.5 Å². The Labute approximate surface area is 137 Å². The van der Waals surface area contributed by atoms with Gasteiger partial charge in [-0.1, -0.05) is 12.1 Å². The lowest BCUT2D eigenvalue weighted by atomic mass is 10.3. The molecule has 2 rings (SSSR count). The highest BCUT2D eigenvalue weighted by molar-refractivity contribution is 7.93. The van der Waals surface area contributed by atoms with E-state index in [-0.39, 0.29) is 17.9 Å². The van der Waals surface area contributed by atoms with Gasteiger partial charge in [-0.05, 0) is 25.1 Å². The Morgan fingerprint density at radius 2 is 2.00 bits per heavy atom. The second-order valence-electron chi connectivity index (χ2n) is 4.60. The van der Waals surface area contributed by atoms with Gasteiger partial charge in [-0.15, -0.1) is 0 Å². The van der Waals surface area contributed by atoms with E-state index in [1.165, 1.54) is 25.1 Å². The van der Waals surface area contributed by atoms with Crippen LogP contribution in [0.25, 0.3) is 0 Å². The second-order valence-corrected chi connectivity index (χ2v) is 6.43. The molecule has 0 aliphatic heterocycles. The minimum atomic E-state index is -4.25. The Balaban J connectivity index is 2.60. The average Bonchev–Trinajstić information content (AvgIpc) is 2.55. The van der Waals surface area contributed by atoms with Crippen LogP contribution in [0, 0.1) is 10.1 Å². The van der Waals surface area contributed by atoms with Crippen LogP contribution in [-0.4, -0.2) is 35.9 Å². The number of nitro benzene ring substituents is 1. The minimum Gasteiger partial charge on any atom is -0.477 e. The molecule has 126 valence electrons. The Bertz CT molecular complexity index is 897. The first-order valence-electron chi connectivity index (χ1n) is 6.74. The summed E-state index contributed by atoms with van der Waals surface area (Å²) in [5.74, 6) is -1.31. The van der Waals surface area contributed by atoms with Crippen molar-refractivity contribution in [3.63, 3.8) is 0 Å². The minimum absolute atomic E-state index is 0.0442. The Morgan fingerprint density at radius 3 is 2.58 bits per heavy atom. The molecule has 0 aliphatic carbocycles. The molecule has 10 heteroatoms. The molecule has 0 atom stereocenters. The van der Waals surface area contributed by atoms with Crippen LogP contribution in [0.3, 0.4) is 0 Å². The molecule has 0 spiro atoms. The summed E-state index contributed by atoms with van der Waals surface area (Å²) in [6.07, 6.45) is 1.16. The number of aromatic carboxylic acids is 1. The number of anilines is 1. The van der Waals surface area contributed by atoms with E-state index in [4.69, 9.17) is 5.11 Å². The number of hydrogen-bond donors (Lipinski definition) is 1. The predicted molar refractivity (Wildman–Crippen MR) is 84.5 cm³/mol. The van der Waals surface area contributed by atoms with Gasteiger partial charge in [0, 0.05) is 18.8 Å². The van der Waals surface area contributed by atoms with Crippen molar-refractivity contribution in [1.29, 1.82) is 0 Å². The van der Waals surface area contributed by atoms with Crippen molar-refractivity contribution in [3.8, 4) is 0 Å². The van der Waals surface area contributed by atoms with Crippen molar-refractivity contribution in [1.82, 2.24) is 4.98 Å². The number of benzene rings is 1. The summed E-state index contributed by atoms with van der Waals surface area (Å²) in [6.45, 7) is 1.49. The molecule has 24 heavy (non-hydrogen) atoms.